The van der Waals surface area contributed by atoms with Gasteiger partial charge >= 0.3 is 0 Å². The summed E-state index contributed by atoms with van der Waals surface area (Å²) in [5.41, 5.74) is 10.2. The molecule has 13 rings (SSSR count). The van der Waals surface area contributed by atoms with Crippen LogP contribution in [-0.2, 0) is 0 Å². The molecule has 7 heteroatoms. The molecule has 0 atom stereocenters. The van der Waals surface area contributed by atoms with Gasteiger partial charge in [0.1, 0.15) is 16.7 Å². The first-order valence-electron chi connectivity index (χ1n) is 19.4. The van der Waals surface area contributed by atoms with E-state index in [1.165, 1.54) is 0 Å². The fourth-order valence-corrected chi connectivity index (χ4v) is 9.09. The fourth-order valence-electron chi connectivity index (χ4n) is 9.09. The molecule has 0 unspecified atom stereocenters. The van der Waals surface area contributed by atoms with E-state index < -0.39 is 0 Å². The number of furan rings is 2. The second-order valence-electron chi connectivity index (χ2n) is 14.8. The van der Waals surface area contributed by atoms with Gasteiger partial charge in [-0.2, -0.15) is 9.97 Å². The van der Waals surface area contributed by atoms with E-state index in [0.29, 0.717) is 17.6 Å². The van der Waals surface area contributed by atoms with E-state index in [2.05, 4.69) is 143 Å². The lowest BCUT2D eigenvalue weighted by atomic mass is 10.1. The summed E-state index contributed by atoms with van der Waals surface area (Å²) in [5, 5.41) is 8.70. The molecule has 0 N–H and O–H groups in total. The second-order valence-corrected chi connectivity index (χ2v) is 14.8. The summed E-state index contributed by atoms with van der Waals surface area (Å²) in [7, 11) is 0. The van der Waals surface area contributed by atoms with E-state index in [1.807, 2.05) is 42.5 Å². The predicted octanol–water partition coefficient (Wildman–Crippen LogP) is 13.2. The fraction of sp³-hybridized carbons (Fsp3) is 0. The average molecular weight is 744 g/mol. The van der Waals surface area contributed by atoms with Crippen molar-refractivity contribution in [1.82, 2.24) is 24.1 Å². The molecule has 270 valence electrons. The van der Waals surface area contributed by atoms with Crippen LogP contribution in [0.1, 0.15) is 0 Å². The lowest BCUT2D eigenvalue weighted by Gasteiger charge is -2.12. The zero-order chi connectivity index (χ0) is 37.9. The monoisotopic (exact) mass is 743 g/mol. The number of hydrogen-bond donors (Lipinski definition) is 0. The molecule has 7 nitrogen and oxygen atoms in total. The summed E-state index contributed by atoms with van der Waals surface area (Å²) >= 11 is 0. The maximum atomic E-state index is 6.61. The summed E-state index contributed by atoms with van der Waals surface area (Å²) in [6.45, 7) is 0. The number of aromatic nitrogens is 5. The molecule has 8 aromatic carbocycles. The van der Waals surface area contributed by atoms with Crippen molar-refractivity contribution in [3.05, 3.63) is 176 Å². The molecule has 0 saturated carbocycles. The first-order chi connectivity index (χ1) is 28.8. The lowest BCUT2D eigenvalue weighted by molar-refractivity contribution is 0.666. The Hall–Kier alpha value is -8.03. The molecule has 0 amide bonds. The van der Waals surface area contributed by atoms with Crippen molar-refractivity contribution in [3.63, 3.8) is 0 Å². The number of nitrogens with zero attached hydrogens (tertiary/aromatic N) is 5. The lowest BCUT2D eigenvalue weighted by Crippen LogP contribution is -2.06. The van der Waals surface area contributed by atoms with Crippen LogP contribution in [-0.4, -0.2) is 24.1 Å². The van der Waals surface area contributed by atoms with Crippen molar-refractivity contribution in [2.75, 3.05) is 0 Å². The highest BCUT2D eigenvalue weighted by molar-refractivity contribution is 6.14. The molecule has 0 aliphatic heterocycles. The van der Waals surface area contributed by atoms with E-state index in [4.69, 9.17) is 23.8 Å². The van der Waals surface area contributed by atoms with Crippen LogP contribution < -0.4 is 0 Å². The quantitative estimate of drug-likeness (QED) is 0.179. The highest BCUT2D eigenvalue weighted by atomic mass is 16.3. The molecule has 5 aromatic heterocycles. The van der Waals surface area contributed by atoms with Gasteiger partial charge in [0.25, 0.3) is 0 Å². The van der Waals surface area contributed by atoms with Gasteiger partial charge < -0.3 is 13.4 Å². The van der Waals surface area contributed by atoms with E-state index in [0.717, 1.165) is 104 Å². The summed E-state index contributed by atoms with van der Waals surface area (Å²) < 4.78 is 17.4. The van der Waals surface area contributed by atoms with E-state index in [-0.39, 0.29) is 0 Å². The zero-order valence-electron chi connectivity index (χ0n) is 30.8. The summed E-state index contributed by atoms with van der Waals surface area (Å²) in [6.07, 6.45) is 0. The van der Waals surface area contributed by atoms with E-state index in [9.17, 15) is 0 Å². The van der Waals surface area contributed by atoms with Gasteiger partial charge in [-0.25, -0.2) is 4.98 Å². The van der Waals surface area contributed by atoms with Crippen LogP contribution in [0.3, 0.4) is 0 Å². The minimum atomic E-state index is 0.537. The predicted molar refractivity (Wildman–Crippen MR) is 234 cm³/mol. The number of rotatable bonds is 4. The van der Waals surface area contributed by atoms with Crippen molar-refractivity contribution in [1.29, 1.82) is 0 Å². The maximum absolute atomic E-state index is 6.61. The Bertz CT molecular complexity index is 3770. The van der Waals surface area contributed by atoms with Crippen LogP contribution in [0, 0.1) is 0 Å². The Morgan fingerprint density at radius 3 is 1.66 bits per heavy atom. The van der Waals surface area contributed by atoms with Crippen LogP contribution in [0.15, 0.2) is 185 Å². The van der Waals surface area contributed by atoms with Gasteiger partial charge in [0, 0.05) is 54.2 Å². The molecule has 0 aliphatic rings. The second kappa shape index (κ2) is 11.7. The minimum Gasteiger partial charge on any atom is -0.456 e. The smallest absolute Gasteiger partial charge is 0.238 e. The highest BCUT2D eigenvalue weighted by Gasteiger charge is 2.22. The number of benzene rings is 8. The standard InChI is InChI=1S/C51H29N5O2/c1-6-20-39-33(15-1)34-28-27-30(29-43(34)55(39)42-23-11-18-36-35-16-4-9-24-44(35)58-48(36)42)49-52-50(38-19-12-26-46-47(38)37-17-5-10-25-45(37)57-46)54-51(53-49)56-40-21-7-2-13-31(40)32-14-3-8-22-41(32)56/h1-29H. The van der Waals surface area contributed by atoms with Crippen molar-refractivity contribution in [2.24, 2.45) is 0 Å². The Kier molecular flexibility index (Phi) is 6.32. The van der Waals surface area contributed by atoms with Crippen molar-refractivity contribution in [2.45, 2.75) is 0 Å². The normalized spacial score (nSPS) is 12.1. The van der Waals surface area contributed by atoms with Gasteiger partial charge in [-0.3, -0.25) is 4.57 Å². The molecule has 58 heavy (non-hydrogen) atoms. The molecule has 0 aliphatic carbocycles. The van der Waals surface area contributed by atoms with Gasteiger partial charge in [0.15, 0.2) is 17.2 Å². The van der Waals surface area contributed by atoms with Gasteiger partial charge in [0.05, 0.1) is 27.8 Å². The molecular weight excluding hydrogens is 715 g/mol. The summed E-state index contributed by atoms with van der Waals surface area (Å²) in [6, 6.07) is 60.8. The van der Waals surface area contributed by atoms with Crippen molar-refractivity contribution in [3.8, 4) is 34.4 Å². The SMILES string of the molecule is c1ccc2c(c1)oc1c(-n3c4ccccc4c4ccc(-c5nc(-c6cccc7oc8ccccc8c67)nc(-n6c7ccccc7c7ccccc76)n5)cc43)cccc12. The highest BCUT2D eigenvalue weighted by Crippen LogP contribution is 2.41. The Morgan fingerprint density at radius 1 is 0.362 bits per heavy atom. The third-order valence-corrected chi connectivity index (χ3v) is 11.6. The first kappa shape index (κ1) is 31.2. The van der Waals surface area contributed by atoms with Crippen LogP contribution in [0.2, 0.25) is 0 Å². The minimum absolute atomic E-state index is 0.537. The van der Waals surface area contributed by atoms with Crippen molar-refractivity contribution >= 4 is 87.5 Å². The molecule has 13 aromatic rings. The van der Waals surface area contributed by atoms with Crippen LogP contribution in [0.5, 0.6) is 0 Å². The third kappa shape index (κ3) is 4.35. The average Bonchev–Trinajstić information content (AvgIpc) is 4.04. The maximum Gasteiger partial charge on any atom is 0.238 e. The van der Waals surface area contributed by atoms with Gasteiger partial charge in [-0.1, -0.05) is 127 Å². The molecule has 0 spiro atoms. The van der Waals surface area contributed by atoms with Gasteiger partial charge in [0.2, 0.25) is 5.95 Å². The van der Waals surface area contributed by atoms with Gasteiger partial charge in [-0.15, -0.1) is 0 Å². The molecule has 0 fully saturated rings. The van der Waals surface area contributed by atoms with E-state index >= 15 is 0 Å². The molecule has 5 heterocycles. The number of fused-ring (bicyclic) bond motifs is 12. The first-order valence-corrected chi connectivity index (χ1v) is 19.4. The van der Waals surface area contributed by atoms with Crippen LogP contribution >= 0.6 is 0 Å². The molecule has 0 saturated heterocycles. The number of hydrogen-bond acceptors (Lipinski definition) is 5. The summed E-state index contributed by atoms with van der Waals surface area (Å²) in [5.74, 6) is 1.66. The molecular formula is C51H29N5O2. The van der Waals surface area contributed by atoms with Gasteiger partial charge in [-0.05, 0) is 48.5 Å². The van der Waals surface area contributed by atoms with E-state index in [1.54, 1.807) is 0 Å². The van der Waals surface area contributed by atoms with Crippen LogP contribution in [0.4, 0.5) is 0 Å². The van der Waals surface area contributed by atoms with Crippen molar-refractivity contribution < 1.29 is 8.83 Å². The Morgan fingerprint density at radius 2 is 0.914 bits per heavy atom. The third-order valence-electron chi connectivity index (χ3n) is 11.6. The number of para-hydroxylation sites is 6. The zero-order valence-corrected chi connectivity index (χ0v) is 30.8. The largest absolute Gasteiger partial charge is 0.456 e. The summed E-state index contributed by atoms with van der Waals surface area (Å²) in [4.78, 5) is 16.0. The molecule has 0 radical (unpaired) electrons. The topological polar surface area (TPSA) is 74.8 Å². The van der Waals surface area contributed by atoms with Crippen LogP contribution in [0.25, 0.3) is 122 Å². The Labute approximate surface area is 329 Å². The molecule has 0 bridgehead atoms. The Balaban J connectivity index is 1.11.